The predicted molar refractivity (Wildman–Crippen MR) is 119 cm³/mol. The fourth-order valence-corrected chi connectivity index (χ4v) is 4.68. The van der Waals surface area contributed by atoms with Gasteiger partial charge in [0, 0.05) is 22.9 Å². The number of nitrogens with one attached hydrogen (secondary N) is 2. The molecule has 0 aliphatic rings. The van der Waals surface area contributed by atoms with Gasteiger partial charge in [0.25, 0.3) is 15.9 Å². The smallest absolute Gasteiger partial charge is 0.272 e. The minimum Gasteiger partial charge on any atom is -0.343 e. The van der Waals surface area contributed by atoms with Gasteiger partial charge in [-0.1, -0.05) is 18.2 Å². The summed E-state index contributed by atoms with van der Waals surface area (Å²) in [5.74, 6) is -0.262. The van der Waals surface area contributed by atoms with Crippen LogP contribution in [0, 0.1) is 13.8 Å². The van der Waals surface area contributed by atoms with Crippen molar-refractivity contribution >= 4 is 43.2 Å². The molecule has 0 unspecified atom stereocenters. The van der Waals surface area contributed by atoms with E-state index in [-0.39, 0.29) is 10.8 Å². The lowest BCUT2D eigenvalue weighted by Gasteiger charge is -2.13. The summed E-state index contributed by atoms with van der Waals surface area (Å²) in [6, 6.07) is 13.4. The summed E-state index contributed by atoms with van der Waals surface area (Å²) >= 11 is 3.37. The Morgan fingerprint density at radius 3 is 2.28 bits per heavy atom. The van der Waals surface area contributed by atoms with Gasteiger partial charge in [-0.3, -0.25) is 9.52 Å². The molecule has 0 aliphatic heterocycles. The average Bonchev–Trinajstić information content (AvgIpc) is 3.06. The molecular formula is C21H22BrN3O3S. The summed E-state index contributed by atoms with van der Waals surface area (Å²) in [4.78, 5) is 12.6. The Kier molecular flexibility index (Phi) is 6.14. The lowest BCUT2D eigenvalue weighted by Crippen LogP contribution is -2.17. The topological polar surface area (TPSA) is 80.2 Å². The van der Waals surface area contributed by atoms with Crippen LogP contribution in [0.1, 0.15) is 28.5 Å². The third-order valence-corrected chi connectivity index (χ3v) is 6.38. The lowest BCUT2D eigenvalue weighted by molar-refractivity contribution is 0.101. The van der Waals surface area contributed by atoms with Crippen molar-refractivity contribution in [3.63, 3.8) is 0 Å². The average molecular weight is 476 g/mol. The Balaban J connectivity index is 1.78. The number of carbonyl (C=O) groups excluding carboxylic acids is 1. The van der Waals surface area contributed by atoms with Crippen molar-refractivity contribution in [3.8, 4) is 0 Å². The molecule has 2 aromatic carbocycles. The van der Waals surface area contributed by atoms with Gasteiger partial charge in [0.05, 0.1) is 10.6 Å². The van der Waals surface area contributed by atoms with Crippen molar-refractivity contribution in [2.45, 2.75) is 32.2 Å². The van der Waals surface area contributed by atoms with Gasteiger partial charge in [-0.25, -0.2) is 8.42 Å². The van der Waals surface area contributed by atoms with Gasteiger partial charge in [0.15, 0.2) is 0 Å². The summed E-state index contributed by atoms with van der Waals surface area (Å²) in [6.07, 6.45) is 1.84. The minimum atomic E-state index is -3.74. The molecule has 0 spiro atoms. The predicted octanol–water partition coefficient (Wildman–Crippen LogP) is 4.94. The first-order valence-electron chi connectivity index (χ1n) is 9.07. The fourth-order valence-electron chi connectivity index (χ4n) is 3.01. The number of nitrogens with zero attached hydrogens (tertiary/aromatic N) is 1. The van der Waals surface area contributed by atoms with E-state index >= 15 is 0 Å². The van der Waals surface area contributed by atoms with Gasteiger partial charge < -0.3 is 9.88 Å². The third-order valence-electron chi connectivity index (χ3n) is 4.58. The second-order valence-corrected chi connectivity index (χ2v) is 9.28. The van der Waals surface area contributed by atoms with E-state index < -0.39 is 10.0 Å². The number of hydrogen-bond acceptors (Lipinski definition) is 3. The second-order valence-electron chi connectivity index (χ2n) is 6.68. The number of para-hydroxylation sites is 1. The summed E-state index contributed by atoms with van der Waals surface area (Å²) in [5, 5.41) is 2.80. The molecule has 1 aromatic heterocycles. The maximum absolute atomic E-state index is 12.7. The highest BCUT2D eigenvalue weighted by atomic mass is 79.9. The van der Waals surface area contributed by atoms with E-state index in [0.717, 1.165) is 15.6 Å². The van der Waals surface area contributed by atoms with Crippen molar-refractivity contribution in [3.05, 3.63) is 76.0 Å². The maximum Gasteiger partial charge on any atom is 0.272 e. The number of amides is 1. The van der Waals surface area contributed by atoms with Crippen LogP contribution in [-0.4, -0.2) is 18.9 Å². The SMILES string of the molecule is CCn1cc(Br)cc1C(=O)Nc1ccc(S(=O)(=O)Nc2c(C)cccc2C)cc1. The molecule has 29 heavy (non-hydrogen) atoms. The van der Waals surface area contributed by atoms with Gasteiger partial charge >= 0.3 is 0 Å². The highest BCUT2D eigenvalue weighted by Gasteiger charge is 2.17. The zero-order valence-corrected chi connectivity index (χ0v) is 18.8. The lowest BCUT2D eigenvalue weighted by atomic mass is 10.1. The van der Waals surface area contributed by atoms with Gasteiger partial charge in [0.1, 0.15) is 5.69 Å². The van der Waals surface area contributed by atoms with E-state index in [1.54, 1.807) is 18.2 Å². The molecular weight excluding hydrogens is 454 g/mol. The number of carbonyl (C=O) groups is 1. The summed E-state index contributed by atoms with van der Waals surface area (Å²) in [7, 11) is -3.74. The van der Waals surface area contributed by atoms with Crippen LogP contribution in [0.3, 0.4) is 0 Å². The first-order valence-corrected chi connectivity index (χ1v) is 11.3. The van der Waals surface area contributed by atoms with Crippen LogP contribution >= 0.6 is 15.9 Å². The largest absolute Gasteiger partial charge is 0.343 e. The number of hydrogen-bond donors (Lipinski definition) is 2. The number of anilines is 2. The number of sulfonamides is 1. The summed E-state index contributed by atoms with van der Waals surface area (Å²) in [6.45, 7) is 6.32. The van der Waals surface area contributed by atoms with Crippen molar-refractivity contribution < 1.29 is 13.2 Å². The molecule has 8 heteroatoms. The van der Waals surface area contributed by atoms with Crippen molar-refractivity contribution in [1.29, 1.82) is 0 Å². The summed E-state index contributed by atoms with van der Waals surface area (Å²) in [5.41, 5.74) is 3.31. The third kappa shape index (κ3) is 4.71. The van der Waals surface area contributed by atoms with E-state index in [0.29, 0.717) is 23.6 Å². The van der Waals surface area contributed by atoms with Crippen LogP contribution in [0.4, 0.5) is 11.4 Å². The Labute approximate surface area is 179 Å². The molecule has 0 atom stereocenters. The van der Waals surface area contributed by atoms with Crippen LogP contribution in [0.15, 0.2) is 64.1 Å². The Hall–Kier alpha value is -2.58. The summed E-state index contributed by atoms with van der Waals surface area (Å²) < 4.78 is 30.8. The molecule has 2 N–H and O–H groups in total. The number of rotatable bonds is 6. The van der Waals surface area contributed by atoms with Crippen molar-refractivity contribution in [2.24, 2.45) is 0 Å². The van der Waals surface area contributed by atoms with Crippen LogP contribution in [0.25, 0.3) is 0 Å². The molecule has 0 aliphatic carbocycles. The molecule has 1 heterocycles. The Bertz CT molecular complexity index is 1130. The number of halogens is 1. The van der Waals surface area contributed by atoms with Gasteiger partial charge in [-0.15, -0.1) is 0 Å². The molecule has 0 bridgehead atoms. The zero-order chi connectivity index (χ0) is 21.2. The normalized spacial score (nSPS) is 11.3. The zero-order valence-electron chi connectivity index (χ0n) is 16.4. The first-order chi connectivity index (χ1) is 13.7. The molecule has 3 rings (SSSR count). The van der Waals surface area contributed by atoms with E-state index in [2.05, 4.69) is 26.0 Å². The quantitative estimate of drug-likeness (QED) is 0.529. The number of benzene rings is 2. The van der Waals surface area contributed by atoms with E-state index in [1.807, 2.05) is 49.7 Å². The van der Waals surface area contributed by atoms with Crippen LogP contribution in [0.5, 0.6) is 0 Å². The van der Waals surface area contributed by atoms with Gasteiger partial charge in [-0.2, -0.15) is 0 Å². The standard InChI is InChI=1S/C21H22BrN3O3S/c1-4-25-13-16(22)12-19(25)21(26)23-17-8-10-18(11-9-17)29(27,28)24-20-14(2)6-5-7-15(20)3/h5-13,24H,4H2,1-3H3,(H,23,26). The highest BCUT2D eigenvalue weighted by Crippen LogP contribution is 2.24. The van der Waals surface area contributed by atoms with Gasteiger partial charge in [-0.05, 0) is 78.2 Å². The Morgan fingerprint density at radius 2 is 1.69 bits per heavy atom. The van der Waals surface area contributed by atoms with Crippen molar-refractivity contribution in [2.75, 3.05) is 10.0 Å². The Morgan fingerprint density at radius 1 is 1.07 bits per heavy atom. The second kappa shape index (κ2) is 8.42. The maximum atomic E-state index is 12.7. The molecule has 3 aromatic rings. The van der Waals surface area contributed by atoms with E-state index in [9.17, 15) is 13.2 Å². The molecule has 0 saturated heterocycles. The number of aryl methyl sites for hydroxylation is 3. The highest BCUT2D eigenvalue weighted by molar-refractivity contribution is 9.10. The minimum absolute atomic E-state index is 0.123. The molecule has 0 saturated carbocycles. The van der Waals surface area contributed by atoms with E-state index in [4.69, 9.17) is 0 Å². The van der Waals surface area contributed by atoms with E-state index in [1.165, 1.54) is 12.1 Å². The van der Waals surface area contributed by atoms with Crippen LogP contribution < -0.4 is 10.0 Å². The molecule has 1 amide bonds. The molecule has 152 valence electrons. The monoisotopic (exact) mass is 475 g/mol. The molecule has 0 fully saturated rings. The fraction of sp³-hybridized carbons (Fsp3) is 0.190. The van der Waals surface area contributed by atoms with Crippen molar-refractivity contribution in [1.82, 2.24) is 4.57 Å². The molecule has 6 nitrogen and oxygen atoms in total. The number of aromatic nitrogens is 1. The van der Waals surface area contributed by atoms with Crippen LogP contribution in [-0.2, 0) is 16.6 Å². The first kappa shape index (κ1) is 21.1. The molecule has 0 radical (unpaired) electrons. The van der Waals surface area contributed by atoms with Gasteiger partial charge in [0.2, 0.25) is 0 Å². The van der Waals surface area contributed by atoms with Crippen LogP contribution in [0.2, 0.25) is 0 Å².